The molecule has 1 saturated heterocycles. The summed E-state index contributed by atoms with van der Waals surface area (Å²) in [5.74, 6) is -0.511. The highest BCUT2D eigenvalue weighted by Crippen LogP contribution is 2.25. The molecule has 4 rings (SSSR count). The van der Waals surface area contributed by atoms with Gasteiger partial charge in [0.1, 0.15) is 18.7 Å². The second-order valence-corrected chi connectivity index (χ2v) is 8.08. The van der Waals surface area contributed by atoms with Crippen molar-refractivity contribution in [3.8, 4) is 5.69 Å². The third kappa shape index (κ3) is 4.59. The van der Waals surface area contributed by atoms with Crippen molar-refractivity contribution in [2.75, 3.05) is 6.54 Å². The number of amides is 2. The molecule has 1 N–H and O–H groups in total. The van der Waals surface area contributed by atoms with Gasteiger partial charge in [0, 0.05) is 23.7 Å². The predicted molar refractivity (Wildman–Crippen MR) is 120 cm³/mol. The van der Waals surface area contributed by atoms with Gasteiger partial charge in [-0.3, -0.25) is 19.7 Å². The summed E-state index contributed by atoms with van der Waals surface area (Å²) in [7, 11) is 0. The minimum atomic E-state index is -0.579. The molecular formula is C23H24N6O4. The van der Waals surface area contributed by atoms with Gasteiger partial charge in [0.05, 0.1) is 16.7 Å². The number of carbonyl (C=O) groups is 2. The summed E-state index contributed by atoms with van der Waals surface area (Å²) in [6, 6.07) is 11.1. The molecule has 33 heavy (non-hydrogen) atoms. The quantitative estimate of drug-likeness (QED) is 0.457. The van der Waals surface area contributed by atoms with E-state index in [1.165, 1.54) is 24.5 Å². The molecule has 2 amide bonds. The van der Waals surface area contributed by atoms with Crippen LogP contribution in [0.1, 0.15) is 47.3 Å². The average molecular weight is 448 g/mol. The van der Waals surface area contributed by atoms with Gasteiger partial charge in [-0.25, -0.2) is 9.67 Å². The van der Waals surface area contributed by atoms with E-state index in [9.17, 15) is 19.7 Å². The SMILES string of the molecule is Cc1cc(C(=O)N2CCCC2C(=O)NC(C)c2ccc(-n3cncn3)cc2)ccc1[N+](=O)[O-]. The van der Waals surface area contributed by atoms with Crippen molar-refractivity contribution in [1.82, 2.24) is 25.0 Å². The molecule has 2 heterocycles. The maximum absolute atomic E-state index is 13.1. The monoisotopic (exact) mass is 448 g/mol. The number of nitro groups is 1. The smallest absolute Gasteiger partial charge is 0.272 e. The first-order valence-electron chi connectivity index (χ1n) is 10.7. The van der Waals surface area contributed by atoms with Gasteiger partial charge in [-0.1, -0.05) is 12.1 Å². The van der Waals surface area contributed by atoms with E-state index in [1.54, 1.807) is 22.8 Å². The van der Waals surface area contributed by atoms with Gasteiger partial charge in [-0.2, -0.15) is 5.10 Å². The first-order chi connectivity index (χ1) is 15.8. The van der Waals surface area contributed by atoms with E-state index in [-0.39, 0.29) is 23.5 Å². The Morgan fingerprint density at radius 3 is 2.61 bits per heavy atom. The molecule has 1 aliphatic rings. The molecule has 2 aromatic carbocycles. The standard InChI is InChI=1S/C23H24N6O4/c1-15-12-18(7-10-20(15)29(32)33)23(31)27-11-3-4-21(27)22(30)26-16(2)17-5-8-19(9-6-17)28-14-24-13-25-28/h5-10,12-14,16,21H,3-4,11H2,1-2H3,(H,26,30). The number of hydrogen-bond acceptors (Lipinski definition) is 6. The van der Waals surface area contributed by atoms with Crippen LogP contribution >= 0.6 is 0 Å². The molecule has 0 radical (unpaired) electrons. The fourth-order valence-corrected chi connectivity index (χ4v) is 4.09. The van der Waals surface area contributed by atoms with Crippen LogP contribution in [-0.4, -0.2) is 49.0 Å². The van der Waals surface area contributed by atoms with Crippen molar-refractivity contribution >= 4 is 17.5 Å². The Kier molecular flexibility index (Phi) is 6.16. The van der Waals surface area contributed by atoms with Crippen LogP contribution in [0.3, 0.4) is 0 Å². The third-order valence-corrected chi connectivity index (χ3v) is 5.89. The molecule has 2 atom stereocenters. The molecule has 170 valence electrons. The van der Waals surface area contributed by atoms with Gasteiger partial charge in [-0.15, -0.1) is 0 Å². The van der Waals surface area contributed by atoms with E-state index in [2.05, 4.69) is 15.4 Å². The Morgan fingerprint density at radius 1 is 1.21 bits per heavy atom. The lowest BCUT2D eigenvalue weighted by atomic mass is 10.1. The summed E-state index contributed by atoms with van der Waals surface area (Å²) in [5.41, 5.74) is 2.50. The van der Waals surface area contributed by atoms with E-state index in [4.69, 9.17) is 0 Å². The van der Waals surface area contributed by atoms with E-state index in [0.717, 1.165) is 17.7 Å². The van der Waals surface area contributed by atoms with Crippen LogP contribution in [0.25, 0.3) is 5.69 Å². The molecule has 1 fully saturated rings. The Balaban J connectivity index is 1.43. The lowest BCUT2D eigenvalue weighted by Gasteiger charge is -2.26. The van der Waals surface area contributed by atoms with Crippen LogP contribution in [-0.2, 0) is 4.79 Å². The molecule has 1 aromatic heterocycles. The maximum atomic E-state index is 13.1. The van der Waals surface area contributed by atoms with Gasteiger partial charge in [-0.05, 0) is 56.5 Å². The Hall–Kier alpha value is -4.08. The lowest BCUT2D eigenvalue weighted by molar-refractivity contribution is -0.385. The highest BCUT2D eigenvalue weighted by Gasteiger charge is 2.35. The number of nitrogens with one attached hydrogen (secondary N) is 1. The Labute approximate surface area is 190 Å². The number of likely N-dealkylation sites (tertiary alicyclic amines) is 1. The van der Waals surface area contributed by atoms with Gasteiger partial charge in [0.15, 0.2) is 0 Å². The summed E-state index contributed by atoms with van der Waals surface area (Å²) < 4.78 is 1.65. The molecule has 0 spiro atoms. The predicted octanol–water partition coefficient (Wildman–Crippen LogP) is 2.97. The summed E-state index contributed by atoms with van der Waals surface area (Å²) in [6.45, 7) is 3.95. The summed E-state index contributed by atoms with van der Waals surface area (Å²) in [4.78, 5) is 42.1. The number of aryl methyl sites for hydroxylation is 1. The van der Waals surface area contributed by atoms with Crippen molar-refractivity contribution in [3.05, 3.63) is 81.9 Å². The van der Waals surface area contributed by atoms with Crippen LogP contribution in [0.5, 0.6) is 0 Å². The summed E-state index contributed by atoms with van der Waals surface area (Å²) in [5, 5.41) is 18.2. The van der Waals surface area contributed by atoms with Crippen molar-refractivity contribution in [2.24, 2.45) is 0 Å². The minimum Gasteiger partial charge on any atom is -0.348 e. The summed E-state index contributed by atoms with van der Waals surface area (Å²) >= 11 is 0. The van der Waals surface area contributed by atoms with Crippen molar-refractivity contribution in [1.29, 1.82) is 0 Å². The fraction of sp³-hybridized carbons (Fsp3) is 0.304. The number of rotatable bonds is 6. The topological polar surface area (TPSA) is 123 Å². The van der Waals surface area contributed by atoms with Crippen LogP contribution in [0, 0.1) is 17.0 Å². The third-order valence-electron chi connectivity index (χ3n) is 5.89. The second kappa shape index (κ2) is 9.19. The number of nitro benzene ring substituents is 1. The number of nitrogens with zero attached hydrogens (tertiary/aromatic N) is 5. The molecule has 2 unspecified atom stereocenters. The van der Waals surface area contributed by atoms with E-state index in [1.807, 2.05) is 31.2 Å². The largest absolute Gasteiger partial charge is 0.348 e. The molecule has 10 nitrogen and oxygen atoms in total. The zero-order valence-electron chi connectivity index (χ0n) is 18.3. The van der Waals surface area contributed by atoms with Crippen LogP contribution in [0.4, 0.5) is 5.69 Å². The number of aromatic nitrogens is 3. The maximum Gasteiger partial charge on any atom is 0.272 e. The van der Waals surface area contributed by atoms with Gasteiger partial charge in [0.2, 0.25) is 5.91 Å². The second-order valence-electron chi connectivity index (χ2n) is 8.08. The molecule has 0 aliphatic carbocycles. The van der Waals surface area contributed by atoms with Crippen LogP contribution in [0.15, 0.2) is 55.1 Å². The minimum absolute atomic E-state index is 0.0362. The first-order valence-corrected chi connectivity index (χ1v) is 10.7. The van der Waals surface area contributed by atoms with Gasteiger partial charge < -0.3 is 10.2 Å². The van der Waals surface area contributed by atoms with E-state index >= 15 is 0 Å². The first kappa shape index (κ1) is 22.1. The molecular weight excluding hydrogens is 424 g/mol. The zero-order valence-corrected chi connectivity index (χ0v) is 18.3. The molecule has 3 aromatic rings. The number of carbonyl (C=O) groups excluding carboxylic acids is 2. The van der Waals surface area contributed by atoms with Crippen molar-refractivity contribution in [2.45, 2.75) is 38.8 Å². The van der Waals surface area contributed by atoms with Crippen molar-refractivity contribution in [3.63, 3.8) is 0 Å². The van der Waals surface area contributed by atoms with E-state index < -0.39 is 11.0 Å². The Bertz CT molecular complexity index is 1180. The lowest BCUT2D eigenvalue weighted by Crippen LogP contribution is -2.46. The molecule has 0 saturated carbocycles. The normalized spacial score (nSPS) is 16.4. The number of benzene rings is 2. The van der Waals surface area contributed by atoms with Crippen LogP contribution in [0.2, 0.25) is 0 Å². The molecule has 0 bridgehead atoms. The average Bonchev–Trinajstić information content (AvgIpc) is 3.50. The van der Waals surface area contributed by atoms with Gasteiger partial charge >= 0.3 is 0 Å². The van der Waals surface area contributed by atoms with Crippen molar-refractivity contribution < 1.29 is 14.5 Å². The summed E-state index contributed by atoms with van der Waals surface area (Å²) in [6.07, 6.45) is 4.36. The van der Waals surface area contributed by atoms with Crippen LogP contribution < -0.4 is 5.32 Å². The highest BCUT2D eigenvalue weighted by atomic mass is 16.6. The zero-order chi connectivity index (χ0) is 23.5. The molecule has 1 aliphatic heterocycles. The van der Waals surface area contributed by atoms with Gasteiger partial charge in [0.25, 0.3) is 11.6 Å². The highest BCUT2D eigenvalue weighted by molar-refractivity contribution is 5.98. The fourth-order valence-electron chi connectivity index (χ4n) is 4.09. The molecule has 10 heteroatoms. The Morgan fingerprint density at radius 2 is 1.97 bits per heavy atom. The number of hydrogen-bond donors (Lipinski definition) is 1. The van der Waals surface area contributed by atoms with E-state index in [0.29, 0.717) is 24.1 Å².